The molecule has 19 heavy (non-hydrogen) atoms. The fourth-order valence-corrected chi connectivity index (χ4v) is 3.55. The van der Waals surface area contributed by atoms with Crippen molar-refractivity contribution in [2.75, 3.05) is 6.54 Å². The van der Waals surface area contributed by atoms with Crippen molar-refractivity contribution < 1.29 is 0 Å². The molecule has 1 aromatic rings. The molecular weight excluding hydrogens is 258 g/mol. The van der Waals surface area contributed by atoms with Crippen LogP contribution in [0.4, 0.5) is 0 Å². The van der Waals surface area contributed by atoms with Gasteiger partial charge in [0.1, 0.15) is 0 Å². The van der Waals surface area contributed by atoms with E-state index < -0.39 is 0 Å². The van der Waals surface area contributed by atoms with E-state index in [1.54, 1.807) is 6.20 Å². The zero-order valence-corrected chi connectivity index (χ0v) is 13.2. The Morgan fingerprint density at radius 3 is 2.79 bits per heavy atom. The van der Waals surface area contributed by atoms with Crippen molar-refractivity contribution >= 4 is 11.6 Å². The summed E-state index contributed by atoms with van der Waals surface area (Å²) < 4.78 is 1.97. The lowest BCUT2D eigenvalue weighted by atomic mass is 9.73. The summed E-state index contributed by atoms with van der Waals surface area (Å²) in [6.45, 7) is 7.84. The number of halogens is 1. The Labute approximate surface area is 121 Å². The van der Waals surface area contributed by atoms with Gasteiger partial charge in [-0.1, -0.05) is 38.8 Å². The first-order valence-corrected chi connectivity index (χ1v) is 7.77. The van der Waals surface area contributed by atoms with Crippen LogP contribution in [0.15, 0.2) is 6.20 Å². The molecule has 108 valence electrons. The third kappa shape index (κ3) is 3.51. The molecule has 3 nitrogen and oxygen atoms in total. The van der Waals surface area contributed by atoms with Crippen molar-refractivity contribution in [2.45, 2.75) is 52.0 Å². The van der Waals surface area contributed by atoms with E-state index in [2.05, 4.69) is 31.2 Å². The summed E-state index contributed by atoms with van der Waals surface area (Å²) in [5.41, 5.74) is 1.23. The predicted molar refractivity (Wildman–Crippen MR) is 80.6 cm³/mol. The molecule has 0 aliphatic heterocycles. The maximum Gasteiger partial charge on any atom is 0.0820 e. The average Bonchev–Trinajstić information content (AvgIpc) is 2.67. The molecule has 3 atom stereocenters. The molecule has 3 unspecified atom stereocenters. The standard InChI is InChI=1S/C15H26ClN3/c1-10(2)17-8-12-6-5-11(3)7-13(12)15-14(16)9-18-19(15)4/h9-13,17H,5-8H2,1-4H3. The topological polar surface area (TPSA) is 29.9 Å². The van der Waals surface area contributed by atoms with Crippen molar-refractivity contribution in [1.82, 2.24) is 15.1 Å². The van der Waals surface area contributed by atoms with Gasteiger partial charge >= 0.3 is 0 Å². The highest BCUT2D eigenvalue weighted by Gasteiger charge is 2.32. The monoisotopic (exact) mass is 283 g/mol. The minimum Gasteiger partial charge on any atom is -0.314 e. The third-order valence-electron chi connectivity index (χ3n) is 4.33. The van der Waals surface area contributed by atoms with Gasteiger partial charge in [-0.25, -0.2) is 0 Å². The lowest BCUT2D eigenvalue weighted by Crippen LogP contribution is -2.35. The van der Waals surface area contributed by atoms with E-state index in [0.29, 0.717) is 17.9 Å². The Kier molecular flexibility index (Phi) is 4.91. The number of hydrogen-bond donors (Lipinski definition) is 1. The largest absolute Gasteiger partial charge is 0.314 e. The highest BCUT2D eigenvalue weighted by Crippen LogP contribution is 2.42. The molecule has 0 amide bonds. The molecule has 0 aromatic carbocycles. The smallest absolute Gasteiger partial charge is 0.0820 e. The van der Waals surface area contributed by atoms with Gasteiger partial charge in [0.25, 0.3) is 0 Å². The van der Waals surface area contributed by atoms with Gasteiger partial charge in [0.05, 0.1) is 16.9 Å². The SMILES string of the molecule is CC1CCC(CNC(C)C)C(c2c(Cl)cnn2C)C1. The van der Waals surface area contributed by atoms with Crippen LogP contribution in [-0.2, 0) is 7.05 Å². The van der Waals surface area contributed by atoms with Crippen molar-refractivity contribution in [3.63, 3.8) is 0 Å². The second-order valence-corrected chi connectivity index (χ2v) is 6.76. The fraction of sp³-hybridized carbons (Fsp3) is 0.800. The Bertz CT molecular complexity index is 394. The predicted octanol–water partition coefficient (Wildman–Crippen LogP) is 3.59. The minimum absolute atomic E-state index is 0.537. The van der Waals surface area contributed by atoms with Gasteiger partial charge < -0.3 is 5.32 Å². The summed E-state index contributed by atoms with van der Waals surface area (Å²) in [6, 6.07) is 0.544. The van der Waals surface area contributed by atoms with Crippen LogP contribution >= 0.6 is 11.6 Å². The summed E-state index contributed by atoms with van der Waals surface area (Å²) in [7, 11) is 2.01. The number of nitrogens with one attached hydrogen (secondary N) is 1. The lowest BCUT2D eigenvalue weighted by Gasteiger charge is -2.35. The fourth-order valence-electron chi connectivity index (χ4n) is 3.25. The molecule has 0 spiro atoms. The number of aromatic nitrogens is 2. The van der Waals surface area contributed by atoms with Crippen LogP contribution in [0.25, 0.3) is 0 Å². The van der Waals surface area contributed by atoms with Crippen molar-refractivity contribution in [1.29, 1.82) is 0 Å². The van der Waals surface area contributed by atoms with Gasteiger partial charge in [0.15, 0.2) is 0 Å². The van der Waals surface area contributed by atoms with Crippen molar-refractivity contribution in [3.8, 4) is 0 Å². The first kappa shape index (κ1) is 14.9. The molecule has 1 aliphatic carbocycles. The average molecular weight is 284 g/mol. The zero-order valence-electron chi connectivity index (χ0n) is 12.5. The zero-order chi connectivity index (χ0) is 14.0. The summed E-state index contributed by atoms with van der Waals surface area (Å²) in [5.74, 6) is 1.99. The summed E-state index contributed by atoms with van der Waals surface area (Å²) in [5, 5.41) is 8.73. The molecule has 2 rings (SSSR count). The van der Waals surface area contributed by atoms with Gasteiger partial charge in [0.2, 0.25) is 0 Å². The van der Waals surface area contributed by atoms with E-state index in [1.807, 2.05) is 11.7 Å². The second kappa shape index (κ2) is 6.27. The molecule has 1 aromatic heterocycles. The Balaban J connectivity index is 2.17. The first-order chi connectivity index (χ1) is 8.99. The van der Waals surface area contributed by atoms with Crippen LogP contribution in [-0.4, -0.2) is 22.4 Å². The molecule has 0 radical (unpaired) electrons. The van der Waals surface area contributed by atoms with E-state index in [0.717, 1.165) is 17.5 Å². The first-order valence-electron chi connectivity index (χ1n) is 7.39. The van der Waals surface area contributed by atoms with E-state index in [4.69, 9.17) is 11.6 Å². The maximum absolute atomic E-state index is 6.35. The van der Waals surface area contributed by atoms with E-state index in [9.17, 15) is 0 Å². The van der Waals surface area contributed by atoms with Crippen LogP contribution in [0, 0.1) is 11.8 Å². The Morgan fingerprint density at radius 2 is 2.21 bits per heavy atom. The molecule has 0 bridgehead atoms. The van der Waals surface area contributed by atoms with E-state index >= 15 is 0 Å². The van der Waals surface area contributed by atoms with Gasteiger partial charge in [-0.05, 0) is 31.2 Å². The van der Waals surface area contributed by atoms with E-state index in [1.165, 1.54) is 25.0 Å². The molecule has 1 N–H and O–H groups in total. The quantitative estimate of drug-likeness (QED) is 0.915. The summed E-state index contributed by atoms with van der Waals surface area (Å²) >= 11 is 6.35. The number of aryl methyl sites for hydroxylation is 1. The number of rotatable bonds is 4. The van der Waals surface area contributed by atoms with Crippen molar-refractivity contribution in [2.24, 2.45) is 18.9 Å². The summed E-state index contributed by atoms with van der Waals surface area (Å²) in [4.78, 5) is 0. The molecular formula is C15H26ClN3. The van der Waals surface area contributed by atoms with Crippen LogP contribution in [0.1, 0.15) is 51.6 Å². The van der Waals surface area contributed by atoms with Crippen LogP contribution in [0.3, 0.4) is 0 Å². The molecule has 1 heterocycles. The number of hydrogen-bond acceptors (Lipinski definition) is 2. The lowest BCUT2D eigenvalue weighted by molar-refractivity contribution is 0.231. The Hall–Kier alpha value is -0.540. The molecule has 1 aliphatic rings. The minimum atomic E-state index is 0.537. The normalized spacial score (nSPS) is 28.0. The van der Waals surface area contributed by atoms with E-state index in [-0.39, 0.29) is 0 Å². The molecule has 1 fully saturated rings. The van der Waals surface area contributed by atoms with Gasteiger partial charge in [-0.3, -0.25) is 4.68 Å². The van der Waals surface area contributed by atoms with Crippen LogP contribution in [0.2, 0.25) is 5.02 Å². The third-order valence-corrected chi connectivity index (χ3v) is 4.62. The van der Waals surface area contributed by atoms with Gasteiger partial charge in [-0.15, -0.1) is 0 Å². The highest BCUT2D eigenvalue weighted by molar-refractivity contribution is 6.31. The Morgan fingerprint density at radius 1 is 1.47 bits per heavy atom. The maximum atomic E-state index is 6.35. The van der Waals surface area contributed by atoms with Crippen LogP contribution in [0.5, 0.6) is 0 Å². The number of nitrogens with zero attached hydrogens (tertiary/aromatic N) is 2. The molecule has 0 saturated heterocycles. The van der Waals surface area contributed by atoms with Crippen LogP contribution < -0.4 is 5.32 Å². The van der Waals surface area contributed by atoms with Gasteiger partial charge in [-0.2, -0.15) is 5.10 Å². The van der Waals surface area contributed by atoms with Gasteiger partial charge in [0, 0.05) is 19.0 Å². The summed E-state index contributed by atoms with van der Waals surface area (Å²) in [6.07, 6.45) is 5.62. The van der Waals surface area contributed by atoms with Crippen molar-refractivity contribution in [3.05, 3.63) is 16.9 Å². The molecule has 4 heteroatoms. The molecule has 1 saturated carbocycles. The highest BCUT2D eigenvalue weighted by atomic mass is 35.5. The second-order valence-electron chi connectivity index (χ2n) is 6.35.